The quantitative estimate of drug-likeness (QED) is 0.842. The van der Waals surface area contributed by atoms with Crippen molar-refractivity contribution >= 4 is 10.0 Å². The molecule has 1 N–H and O–H groups in total. The Morgan fingerprint density at radius 2 is 1.62 bits per heavy atom. The minimum Gasteiger partial charge on any atom is -0.392 e. The van der Waals surface area contributed by atoms with Gasteiger partial charge in [0.25, 0.3) is 0 Å². The maximum atomic E-state index is 12.9. The second kappa shape index (κ2) is 7.38. The van der Waals surface area contributed by atoms with Crippen LogP contribution in [0.1, 0.15) is 38.8 Å². The van der Waals surface area contributed by atoms with E-state index in [1.807, 2.05) is 27.7 Å². The van der Waals surface area contributed by atoms with Crippen LogP contribution in [0.5, 0.6) is 0 Å². The van der Waals surface area contributed by atoms with Crippen molar-refractivity contribution in [3.05, 3.63) is 29.3 Å². The Morgan fingerprint density at radius 1 is 1.10 bits per heavy atom. The summed E-state index contributed by atoms with van der Waals surface area (Å²) < 4.78 is 27.4. The number of sulfonamides is 1. The summed E-state index contributed by atoms with van der Waals surface area (Å²) in [5.41, 5.74) is 1.29. The highest BCUT2D eigenvalue weighted by Gasteiger charge is 2.27. The zero-order chi connectivity index (χ0) is 16.2. The fourth-order valence-corrected chi connectivity index (χ4v) is 4.37. The number of rotatable bonds is 7. The SMILES string of the molecule is Cc1c(CO)cccc1S(=O)(=O)N(CC(C)C)CC(C)C. The molecule has 0 aliphatic heterocycles. The van der Waals surface area contributed by atoms with Gasteiger partial charge in [-0.3, -0.25) is 0 Å². The standard InChI is InChI=1S/C16H27NO3S/c1-12(2)9-17(10-13(3)4)21(19,20)16-8-6-7-15(11-18)14(16)5/h6-8,12-13,18H,9-11H2,1-5H3. The highest BCUT2D eigenvalue weighted by molar-refractivity contribution is 7.89. The van der Waals surface area contributed by atoms with Crippen molar-refractivity contribution in [3.63, 3.8) is 0 Å². The lowest BCUT2D eigenvalue weighted by molar-refractivity contribution is 0.280. The minimum absolute atomic E-state index is 0.149. The van der Waals surface area contributed by atoms with E-state index in [0.29, 0.717) is 29.1 Å². The van der Waals surface area contributed by atoms with Crippen LogP contribution >= 0.6 is 0 Å². The molecule has 0 amide bonds. The van der Waals surface area contributed by atoms with Crippen LogP contribution in [0.15, 0.2) is 23.1 Å². The Bertz CT molecular complexity index is 555. The molecule has 0 atom stereocenters. The van der Waals surface area contributed by atoms with Gasteiger partial charge in [-0.2, -0.15) is 4.31 Å². The molecule has 0 aliphatic carbocycles. The van der Waals surface area contributed by atoms with E-state index in [2.05, 4.69) is 0 Å². The van der Waals surface area contributed by atoms with E-state index in [1.54, 1.807) is 29.4 Å². The van der Waals surface area contributed by atoms with Crippen molar-refractivity contribution in [2.24, 2.45) is 11.8 Å². The first kappa shape index (κ1) is 18.1. The summed E-state index contributed by atoms with van der Waals surface area (Å²) in [5, 5.41) is 9.33. The molecule has 0 heterocycles. The zero-order valence-corrected chi connectivity index (χ0v) is 14.4. The lowest BCUT2D eigenvalue weighted by Crippen LogP contribution is -2.37. The highest BCUT2D eigenvalue weighted by atomic mass is 32.2. The number of hydrogen-bond acceptors (Lipinski definition) is 3. The molecular formula is C16H27NO3S. The third kappa shape index (κ3) is 4.53. The normalized spacial score (nSPS) is 12.6. The van der Waals surface area contributed by atoms with Gasteiger partial charge in [-0.05, 0) is 36.0 Å². The van der Waals surface area contributed by atoms with E-state index in [1.165, 1.54) is 0 Å². The largest absolute Gasteiger partial charge is 0.392 e. The molecule has 1 aromatic rings. The number of benzene rings is 1. The number of hydrogen-bond donors (Lipinski definition) is 1. The zero-order valence-electron chi connectivity index (χ0n) is 13.6. The average Bonchev–Trinajstić information content (AvgIpc) is 2.36. The molecule has 120 valence electrons. The minimum atomic E-state index is -3.53. The number of aliphatic hydroxyl groups excluding tert-OH is 1. The van der Waals surface area contributed by atoms with Crippen LogP contribution in [-0.4, -0.2) is 30.9 Å². The summed E-state index contributed by atoms with van der Waals surface area (Å²) in [7, 11) is -3.53. The summed E-state index contributed by atoms with van der Waals surface area (Å²) >= 11 is 0. The van der Waals surface area contributed by atoms with Gasteiger partial charge in [0.15, 0.2) is 0 Å². The van der Waals surface area contributed by atoms with Crippen molar-refractivity contribution in [1.82, 2.24) is 4.31 Å². The lowest BCUT2D eigenvalue weighted by atomic mass is 10.1. The molecule has 21 heavy (non-hydrogen) atoms. The Hall–Kier alpha value is -0.910. The van der Waals surface area contributed by atoms with Crippen LogP contribution < -0.4 is 0 Å². The lowest BCUT2D eigenvalue weighted by Gasteiger charge is -2.26. The monoisotopic (exact) mass is 313 g/mol. The van der Waals surface area contributed by atoms with Gasteiger partial charge in [0.05, 0.1) is 11.5 Å². The van der Waals surface area contributed by atoms with Gasteiger partial charge >= 0.3 is 0 Å². The van der Waals surface area contributed by atoms with Gasteiger partial charge in [0.1, 0.15) is 0 Å². The van der Waals surface area contributed by atoms with Crippen LogP contribution in [0.25, 0.3) is 0 Å². The Labute approximate surface area is 128 Å². The Kier molecular flexibility index (Phi) is 6.38. The highest BCUT2D eigenvalue weighted by Crippen LogP contribution is 2.24. The Balaban J connectivity index is 3.28. The third-order valence-corrected chi connectivity index (χ3v) is 5.30. The maximum Gasteiger partial charge on any atom is 0.243 e. The molecule has 0 unspecified atom stereocenters. The smallest absolute Gasteiger partial charge is 0.243 e. The maximum absolute atomic E-state index is 12.9. The predicted octanol–water partition coefficient (Wildman–Crippen LogP) is 2.79. The molecule has 1 aromatic carbocycles. The molecule has 0 aromatic heterocycles. The first-order valence-corrected chi connectivity index (χ1v) is 8.83. The molecular weight excluding hydrogens is 286 g/mol. The van der Waals surface area contributed by atoms with Gasteiger partial charge in [-0.15, -0.1) is 0 Å². The van der Waals surface area contributed by atoms with Crippen LogP contribution in [0.4, 0.5) is 0 Å². The van der Waals surface area contributed by atoms with Gasteiger partial charge in [0, 0.05) is 13.1 Å². The van der Waals surface area contributed by atoms with E-state index in [4.69, 9.17) is 0 Å². The van der Waals surface area contributed by atoms with Crippen LogP contribution in [-0.2, 0) is 16.6 Å². The van der Waals surface area contributed by atoms with E-state index >= 15 is 0 Å². The van der Waals surface area contributed by atoms with Gasteiger partial charge in [-0.1, -0.05) is 39.8 Å². The molecule has 4 nitrogen and oxygen atoms in total. The van der Waals surface area contributed by atoms with E-state index in [0.717, 1.165) is 0 Å². The first-order valence-electron chi connectivity index (χ1n) is 7.39. The van der Waals surface area contributed by atoms with E-state index in [9.17, 15) is 13.5 Å². The molecule has 0 saturated heterocycles. The van der Waals surface area contributed by atoms with E-state index < -0.39 is 10.0 Å². The molecule has 5 heteroatoms. The molecule has 0 bridgehead atoms. The third-order valence-electron chi connectivity index (χ3n) is 3.32. The second-order valence-corrected chi connectivity index (χ2v) is 8.21. The molecule has 0 spiro atoms. The van der Waals surface area contributed by atoms with Crippen molar-refractivity contribution in [3.8, 4) is 0 Å². The van der Waals surface area contributed by atoms with Crippen molar-refractivity contribution in [2.45, 2.75) is 46.1 Å². The summed E-state index contributed by atoms with van der Waals surface area (Å²) in [5.74, 6) is 0.528. The topological polar surface area (TPSA) is 57.6 Å². The summed E-state index contributed by atoms with van der Waals surface area (Å²) in [6.45, 7) is 10.7. The van der Waals surface area contributed by atoms with Crippen molar-refractivity contribution in [1.29, 1.82) is 0 Å². The predicted molar refractivity (Wildman–Crippen MR) is 85.5 cm³/mol. The fourth-order valence-electron chi connectivity index (χ4n) is 2.34. The van der Waals surface area contributed by atoms with Crippen molar-refractivity contribution in [2.75, 3.05) is 13.1 Å². The van der Waals surface area contributed by atoms with Gasteiger partial charge in [-0.25, -0.2) is 8.42 Å². The van der Waals surface area contributed by atoms with E-state index in [-0.39, 0.29) is 18.4 Å². The summed E-state index contributed by atoms with van der Waals surface area (Å²) in [6, 6.07) is 5.06. The molecule has 0 fully saturated rings. The van der Waals surface area contributed by atoms with Gasteiger partial charge in [0.2, 0.25) is 10.0 Å². The fraction of sp³-hybridized carbons (Fsp3) is 0.625. The number of nitrogens with zero attached hydrogens (tertiary/aromatic N) is 1. The van der Waals surface area contributed by atoms with Crippen LogP contribution in [0.2, 0.25) is 0 Å². The first-order chi connectivity index (χ1) is 9.70. The summed E-state index contributed by atoms with van der Waals surface area (Å²) in [4.78, 5) is 0.301. The number of aliphatic hydroxyl groups is 1. The van der Waals surface area contributed by atoms with Crippen LogP contribution in [0, 0.1) is 18.8 Å². The summed E-state index contributed by atoms with van der Waals surface area (Å²) in [6.07, 6.45) is 0. The second-order valence-electron chi connectivity index (χ2n) is 6.31. The van der Waals surface area contributed by atoms with Crippen LogP contribution in [0.3, 0.4) is 0 Å². The molecule has 1 rings (SSSR count). The molecule has 0 aliphatic rings. The van der Waals surface area contributed by atoms with Crippen molar-refractivity contribution < 1.29 is 13.5 Å². The molecule has 0 radical (unpaired) electrons. The molecule has 0 saturated carbocycles. The Morgan fingerprint density at radius 3 is 2.05 bits per heavy atom. The average molecular weight is 313 g/mol. The van der Waals surface area contributed by atoms with Gasteiger partial charge < -0.3 is 5.11 Å².